The van der Waals surface area contributed by atoms with Gasteiger partial charge >= 0.3 is 5.97 Å². The molecule has 0 saturated heterocycles. The molecule has 1 rings (SSSR count). The standard InChI is InChI=1S/C12H14O5/c1-7(2)17-11-8(10(13)12(14)15)5-4-6-9(11)16-3/h4-7H,1-3H3,(H,14,15). The predicted molar refractivity (Wildman–Crippen MR) is 60.7 cm³/mol. The summed E-state index contributed by atoms with van der Waals surface area (Å²) in [4.78, 5) is 22.2. The lowest BCUT2D eigenvalue weighted by molar-refractivity contribution is -0.131. The Labute approximate surface area is 99.0 Å². The zero-order valence-corrected chi connectivity index (χ0v) is 9.89. The number of hydrogen-bond donors (Lipinski definition) is 1. The monoisotopic (exact) mass is 238 g/mol. The quantitative estimate of drug-likeness (QED) is 0.625. The normalized spacial score (nSPS) is 10.1. The summed E-state index contributed by atoms with van der Waals surface area (Å²) in [5, 5.41) is 8.71. The molecule has 0 aliphatic rings. The van der Waals surface area contributed by atoms with Gasteiger partial charge in [-0.05, 0) is 26.0 Å². The van der Waals surface area contributed by atoms with Crippen molar-refractivity contribution in [1.82, 2.24) is 0 Å². The molecule has 0 aliphatic heterocycles. The van der Waals surface area contributed by atoms with Crippen LogP contribution in [0.2, 0.25) is 0 Å². The number of ketones is 1. The van der Waals surface area contributed by atoms with Gasteiger partial charge in [0, 0.05) is 0 Å². The maximum atomic E-state index is 11.5. The molecule has 17 heavy (non-hydrogen) atoms. The molecule has 0 spiro atoms. The van der Waals surface area contributed by atoms with E-state index in [4.69, 9.17) is 14.6 Å². The van der Waals surface area contributed by atoms with Gasteiger partial charge in [0.25, 0.3) is 5.78 Å². The van der Waals surface area contributed by atoms with Gasteiger partial charge in [-0.3, -0.25) is 4.79 Å². The molecule has 92 valence electrons. The second-order valence-corrected chi connectivity index (χ2v) is 3.64. The third-order valence-electron chi connectivity index (χ3n) is 1.99. The van der Waals surface area contributed by atoms with Gasteiger partial charge in [-0.15, -0.1) is 0 Å². The first-order valence-electron chi connectivity index (χ1n) is 5.08. The van der Waals surface area contributed by atoms with Crippen LogP contribution < -0.4 is 9.47 Å². The molecule has 0 amide bonds. The number of rotatable bonds is 5. The third kappa shape index (κ3) is 2.96. The number of carbonyl (C=O) groups excluding carboxylic acids is 1. The molecular weight excluding hydrogens is 224 g/mol. The summed E-state index contributed by atoms with van der Waals surface area (Å²) in [6.45, 7) is 3.56. The molecular formula is C12H14O5. The van der Waals surface area contributed by atoms with Crippen molar-refractivity contribution in [3.63, 3.8) is 0 Å². The van der Waals surface area contributed by atoms with Crippen molar-refractivity contribution in [2.45, 2.75) is 20.0 Å². The van der Waals surface area contributed by atoms with E-state index in [-0.39, 0.29) is 17.4 Å². The molecule has 0 heterocycles. The second kappa shape index (κ2) is 5.34. The molecule has 0 aliphatic carbocycles. The number of carbonyl (C=O) groups is 2. The second-order valence-electron chi connectivity index (χ2n) is 3.64. The van der Waals surface area contributed by atoms with Crippen LogP contribution in [0.15, 0.2) is 18.2 Å². The number of aliphatic carboxylic acids is 1. The Kier molecular flexibility index (Phi) is 4.09. The van der Waals surface area contributed by atoms with E-state index in [0.29, 0.717) is 5.75 Å². The van der Waals surface area contributed by atoms with Crippen molar-refractivity contribution < 1.29 is 24.2 Å². The smallest absolute Gasteiger partial charge is 0.377 e. The SMILES string of the molecule is COc1cccc(C(=O)C(=O)O)c1OC(C)C. The highest BCUT2D eigenvalue weighted by atomic mass is 16.5. The maximum absolute atomic E-state index is 11.5. The van der Waals surface area contributed by atoms with Crippen molar-refractivity contribution in [3.05, 3.63) is 23.8 Å². The fourth-order valence-corrected chi connectivity index (χ4v) is 1.33. The number of carboxylic acids is 1. The largest absolute Gasteiger partial charge is 0.493 e. The van der Waals surface area contributed by atoms with Gasteiger partial charge in [0.15, 0.2) is 11.5 Å². The third-order valence-corrected chi connectivity index (χ3v) is 1.99. The molecule has 1 aromatic carbocycles. The number of carboxylic acid groups (broad SMARTS) is 1. The van der Waals surface area contributed by atoms with Crippen molar-refractivity contribution in [1.29, 1.82) is 0 Å². The summed E-state index contributed by atoms with van der Waals surface area (Å²) >= 11 is 0. The van der Waals surface area contributed by atoms with Gasteiger partial charge in [-0.1, -0.05) is 6.07 Å². The molecule has 0 atom stereocenters. The van der Waals surface area contributed by atoms with Crippen LogP contribution in [-0.2, 0) is 4.79 Å². The minimum absolute atomic E-state index is 0.00875. The van der Waals surface area contributed by atoms with Gasteiger partial charge < -0.3 is 14.6 Å². The molecule has 0 unspecified atom stereocenters. The fourth-order valence-electron chi connectivity index (χ4n) is 1.33. The minimum Gasteiger partial charge on any atom is -0.493 e. The molecule has 0 radical (unpaired) electrons. The summed E-state index contributed by atoms with van der Waals surface area (Å²) in [6.07, 6.45) is -0.188. The van der Waals surface area contributed by atoms with Crippen LogP contribution in [0.1, 0.15) is 24.2 Å². The number of ether oxygens (including phenoxy) is 2. The molecule has 0 saturated carbocycles. The Bertz CT molecular complexity index is 437. The average molecular weight is 238 g/mol. The van der Waals surface area contributed by atoms with Crippen LogP contribution in [0.25, 0.3) is 0 Å². The molecule has 0 fully saturated rings. The van der Waals surface area contributed by atoms with Crippen molar-refractivity contribution in [2.24, 2.45) is 0 Å². The number of hydrogen-bond acceptors (Lipinski definition) is 4. The first-order valence-corrected chi connectivity index (χ1v) is 5.08. The molecule has 1 aromatic rings. The Hall–Kier alpha value is -2.04. The van der Waals surface area contributed by atoms with E-state index in [2.05, 4.69) is 0 Å². The molecule has 5 heteroatoms. The lowest BCUT2D eigenvalue weighted by Gasteiger charge is -2.15. The number of benzene rings is 1. The zero-order chi connectivity index (χ0) is 13.0. The van der Waals surface area contributed by atoms with Gasteiger partial charge in [0.2, 0.25) is 0 Å². The number of Topliss-reactive ketones (excluding diaryl/α,β-unsaturated/α-hetero) is 1. The van der Waals surface area contributed by atoms with Gasteiger partial charge in [0.05, 0.1) is 18.8 Å². The molecule has 0 bridgehead atoms. The summed E-state index contributed by atoms with van der Waals surface area (Å²) in [7, 11) is 1.43. The summed E-state index contributed by atoms with van der Waals surface area (Å²) in [5.41, 5.74) is -0.00875. The van der Waals surface area contributed by atoms with E-state index < -0.39 is 11.8 Å². The fraction of sp³-hybridized carbons (Fsp3) is 0.333. The minimum atomic E-state index is -1.52. The van der Waals surface area contributed by atoms with Crippen LogP contribution in [0.5, 0.6) is 11.5 Å². The highest BCUT2D eigenvalue weighted by molar-refractivity contribution is 6.40. The van der Waals surface area contributed by atoms with Crippen LogP contribution in [0, 0.1) is 0 Å². The van der Waals surface area contributed by atoms with Crippen molar-refractivity contribution in [3.8, 4) is 11.5 Å². The van der Waals surface area contributed by atoms with E-state index in [0.717, 1.165) is 0 Å². The highest BCUT2D eigenvalue weighted by Crippen LogP contribution is 2.32. The van der Waals surface area contributed by atoms with Gasteiger partial charge in [-0.25, -0.2) is 4.79 Å². The first-order chi connectivity index (χ1) is 7.97. The van der Waals surface area contributed by atoms with Crippen LogP contribution >= 0.6 is 0 Å². The maximum Gasteiger partial charge on any atom is 0.377 e. The summed E-state index contributed by atoms with van der Waals surface area (Å²) in [6, 6.07) is 4.55. The zero-order valence-electron chi connectivity index (χ0n) is 9.89. The summed E-state index contributed by atoms with van der Waals surface area (Å²) < 4.78 is 10.5. The van der Waals surface area contributed by atoms with Gasteiger partial charge in [0.1, 0.15) is 0 Å². The highest BCUT2D eigenvalue weighted by Gasteiger charge is 2.22. The molecule has 0 aromatic heterocycles. The Morgan fingerprint density at radius 1 is 1.29 bits per heavy atom. The number of methoxy groups -OCH3 is 1. The van der Waals surface area contributed by atoms with Crippen LogP contribution in [0.3, 0.4) is 0 Å². The van der Waals surface area contributed by atoms with E-state index in [1.54, 1.807) is 26.0 Å². The predicted octanol–water partition coefficient (Wildman–Crippen LogP) is 1.75. The lowest BCUT2D eigenvalue weighted by atomic mass is 10.1. The Morgan fingerprint density at radius 3 is 2.41 bits per heavy atom. The van der Waals surface area contributed by atoms with Crippen LogP contribution in [-0.4, -0.2) is 30.1 Å². The van der Waals surface area contributed by atoms with E-state index in [9.17, 15) is 9.59 Å². The van der Waals surface area contributed by atoms with E-state index >= 15 is 0 Å². The Balaban J connectivity index is 3.28. The van der Waals surface area contributed by atoms with Crippen molar-refractivity contribution in [2.75, 3.05) is 7.11 Å². The van der Waals surface area contributed by atoms with Crippen molar-refractivity contribution >= 4 is 11.8 Å². The lowest BCUT2D eigenvalue weighted by Crippen LogP contribution is -2.16. The van der Waals surface area contributed by atoms with E-state index in [1.807, 2.05) is 0 Å². The average Bonchev–Trinajstić information content (AvgIpc) is 2.27. The first kappa shape index (κ1) is 13.0. The molecule has 5 nitrogen and oxygen atoms in total. The van der Waals surface area contributed by atoms with Crippen LogP contribution in [0.4, 0.5) is 0 Å². The summed E-state index contributed by atoms with van der Waals surface area (Å²) in [5.74, 6) is -2.03. The number of para-hydroxylation sites is 1. The van der Waals surface area contributed by atoms with E-state index in [1.165, 1.54) is 13.2 Å². The topological polar surface area (TPSA) is 72.8 Å². The Morgan fingerprint density at radius 2 is 1.94 bits per heavy atom. The van der Waals surface area contributed by atoms with Gasteiger partial charge in [-0.2, -0.15) is 0 Å². The molecule has 1 N–H and O–H groups in total.